The molecule has 0 fully saturated rings. The first kappa shape index (κ1) is 15.7. The number of pyridine rings is 2. The van der Waals surface area contributed by atoms with Crippen LogP contribution in [0.25, 0.3) is 16.5 Å². The van der Waals surface area contributed by atoms with Crippen LogP contribution in [0, 0.1) is 13.8 Å². The summed E-state index contributed by atoms with van der Waals surface area (Å²) in [5.41, 5.74) is 1.56. The molecule has 3 aromatic rings. The van der Waals surface area contributed by atoms with E-state index in [1.807, 2.05) is 0 Å². The molecule has 6 heteroatoms. The van der Waals surface area contributed by atoms with Crippen LogP contribution in [0.2, 0.25) is 0 Å². The van der Waals surface area contributed by atoms with Crippen LogP contribution < -0.4 is 5.56 Å². The fraction of sp³-hybridized carbons (Fsp3) is 0.167. The highest BCUT2D eigenvalue weighted by Gasteiger charge is 2.19. The Kier molecular flexibility index (Phi) is 3.81. The number of hydrogen-bond acceptors (Lipinski definition) is 5. The fourth-order valence-corrected chi connectivity index (χ4v) is 2.86. The minimum Gasteiger partial charge on any atom is -0.508 e. The summed E-state index contributed by atoms with van der Waals surface area (Å²) in [4.78, 5) is 29.3. The van der Waals surface area contributed by atoms with Gasteiger partial charge < -0.3 is 9.84 Å². The van der Waals surface area contributed by atoms with Crippen LogP contribution in [0.1, 0.15) is 21.7 Å². The lowest BCUT2D eigenvalue weighted by molar-refractivity contribution is 0.0601. The van der Waals surface area contributed by atoms with Gasteiger partial charge in [0.1, 0.15) is 5.75 Å². The molecule has 0 unspecified atom stereocenters. The molecule has 6 nitrogen and oxygen atoms in total. The molecule has 0 saturated carbocycles. The van der Waals surface area contributed by atoms with Gasteiger partial charge in [-0.25, -0.2) is 4.79 Å². The van der Waals surface area contributed by atoms with E-state index in [2.05, 4.69) is 4.98 Å². The summed E-state index contributed by atoms with van der Waals surface area (Å²) < 4.78 is 6.22. The van der Waals surface area contributed by atoms with Crippen LogP contribution in [0.3, 0.4) is 0 Å². The number of carbonyl (C=O) groups is 1. The topological polar surface area (TPSA) is 81.4 Å². The van der Waals surface area contributed by atoms with Crippen molar-refractivity contribution in [3.63, 3.8) is 0 Å². The fourth-order valence-electron chi connectivity index (χ4n) is 2.86. The van der Waals surface area contributed by atoms with Crippen molar-refractivity contribution >= 4 is 16.7 Å². The van der Waals surface area contributed by atoms with Crippen molar-refractivity contribution in [1.82, 2.24) is 9.55 Å². The quantitative estimate of drug-likeness (QED) is 0.733. The molecule has 0 aliphatic rings. The molecule has 0 radical (unpaired) electrons. The second-order valence-corrected chi connectivity index (χ2v) is 5.45. The molecule has 3 rings (SSSR count). The number of carbonyl (C=O) groups excluding carboxylic acids is 1. The zero-order chi connectivity index (χ0) is 17.4. The molecule has 0 amide bonds. The second-order valence-electron chi connectivity index (χ2n) is 5.45. The summed E-state index contributed by atoms with van der Waals surface area (Å²) in [6, 6.07) is 8.08. The predicted molar refractivity (Wildman–Crippen MR) is 89.8 cm³/mol. The number of nitrogens with zero attached hydrogens (tertiary/aromatic N) is 2. The SMILES string of the molecule is COC(=O)c1c(C)nc(C)c2c(=O)n(-c3cccc(O)c3)ccc12. The van der Waals surface area contributed by atoms with Gasteiger partial charge in [-0.3, -0.25) is 14.3 Å². The van der Waals surface area contributed by atoms with Gasteiger partial charge in [-0.05, 0) is 32.0 Å². The van der Waals surface area contributed by atoms with E-state index in [1.54, 1.807) is 38.2 Å². The number of benzene rings is 1. The monoisotopic (exact) mass is 324 g/mol. The van der Waals surface area contributed by atoms with Gasteiger partial charge >= 0.3 is 5.97 Å². The zero-order valence-corrected chi connectivity index (χ0v) is 13.5. The van der Waals surface area contributed by atoms with E-state index in [4.69, 9.17) is 4.74 Å². The van der Waals surface area contributed by atoms with E-state index in [0.29, 0.717) is 33.4 Å². The molecule has 2 aromatic heterocycles. The molecule has 0 spiro atoms. The number of ether oxygens (including phenoxy) is 1. The highest BCUT2D eigenvalue weighted by molar-refractivity contribution is 6.05. The Morgan fingerprint density at radius 1 is 1.21 bits per heavy atom. The number of phenols is 1. The number of aromatic hydroxyl groups is 1. The molecule has 0 atom stereocenters. The average molecular weight is 324 g/mol. The summed E-state index contributed by atoms with van der Waals surface area (Å²) in [6.45, 7) is 3.43. The van der Waals surface area contributed by atoms with Gasteiger partial charge in [0.25, 0.3) is 5.56 Å². The number of aryl methyl sites for hydroxylation is 2. The molecule has 0 aliphatic carbocycles. The van der Waals surface area contributed by atoms with Gasteiger partial charge in [0, 0.05) is 17.6 Å². The van der Waals surface area contributed by atoms with Crippen molar-refractivity contribution in [1.29, 1.82) is 0 Å². The van der Waals surface area contributed by atoms with E-state index in [0.717, 1.165) is 0 Å². The van der Waals surface area contributed by atoms with Gasteiger partial charge in [-0.15, -0.1) is 0 Å². The lowest BCUT2D eigenvalue weighted by Crippen LogP contribution is -2.20. The van der Waals surface area contributed by atoms with Gasteiger partial charge in [0.15, 0.2) is 0 Å². The van der Waals surface area contributed by atoms with Crippen LogP contribution in [0.15, 0.2) is 41.3 Å². The lowest BCUT2D eigenvalue weighted by Gasteiger charge is -2.13. The van der Waals surface area contributed by atoms with E-state index in [-0.39, 0.29) is 11.3 Å². The lowest BCUT2D eigenvalue weighted by atomic mass is 10.0. The maximum Gasteiger partial charge on any atom is 0.340 e. The Balaban J connectivity index is 2.38. The highest BCUT2D eigenvalue weighted by atomic mass is 16.5. The molecule has 24 heavy (non-hydrogen) atoms. The normalized spacial score (nSPS) is 10.8. The number of rotatable bonds is 2. The average Bonchev–Trinajstić information content (AvgIpc) is 2.54. The zero-order valence-electron chi connectivity index (χ0n) is 13.5. The Morgan fingerprint density at radius 3 is 2.62 bits per heavy atom. The standard InChI is InChI=1S/C18H16N2O4/c1-10-15-14(16(11(2)19-10)18(23)24-3)7-8-20(17(15)22)12-5-4-6-13(21)9-12/h4-9,21H,1-3H3. The van der Waals surface area contributed by atoms with E-state index in [9.17, 15) is 14.7 Å². The maximum atomic E-state index is 12.9. The molecular formula is C18H16N2O4. The summed E-state index contributed by atoms with van der Waals surface area (Å²) in [6.07, 6.45) is 1.57. The third-order valence-corrected chi connectivity index (χ3v) is 3.92. The molecule has 1 N–H and O–H groups in total. The van der Waals surface area contributed by atoms with E-state index in [1.165, 1.54) is 23.8 Å². The summed E-state index contributed by atoms with van der Waals surface area (Å²) >= 11 is 0. The van der Waals surface area contributed by atoms with Crippen molar-refractivity contribution in [2.24, 2.45) is 0 Å². The minimum absolute atomic E-state index is 0.0634. The van der Waals surface area contributed by atoms with Crippen LogP contribution in [-0.2, 0) is 4.74 Å². The summed E-state index contributed by atoms with van der Waals surface area (Å²) in [5.74, 6) is -0.465. The van der Waals surface area contributed by atoms with Crippen LogP contribution in [0.4, 0.5) is 0 Å². The molecule has 2 heterocycles. The van der Waals surface area contributed by atoms with Crippen LogP contribution in [-0.4, -0.2) is 27.7 Å². The van der Waals surface area contributed by atoms with E-state index < -0.39 is 5.97 Å². The summed E-state index contributed by atoms with van der Waals surface area (Å²) in [7, 11) is 1.29. The number of fused-ring (bicyclic) bond motifs is 1. The van der Waals surface area contributed by atoms with Gasteiger partial charge in [0.05, 0.1) is 35.1 Å². The van der Waals surface area contributed by atoms with Crippen molar-refractivity contribution in [3.05, 3.63) is 63.8 Å². The first-order valence-corrected chi connectivity index (χ1v) is 7.34. The smallest absolute Gasteiger partial charge is 0.340 e. The largest absolute Gasteiger partial charge is 0.508 e. The van der Waals surface area contributed by atoms with Crippen molar-refractivity contribution in [2.45, 2.75) is 13.8 Å². The Morgan fingerprint density at radius 2 is 1.96 bits per heavy atom. The predicted octanol–water partition coefficient (Wildman–Crippen LogP) is 2.49. The minimum atomic E-state index is -0.528. The Bertz CT molecular complexity index is 1020. The molecule has 122 valence electrons. The molecule has 0 bridgehead atoms. The molecule has 0 saturated heterocycles. The maximum absolute atomic E-state index is 12.9. The highest BCUT2D eigenvalue weighted by Crippen LogP contribution is 2.23. The van der Waals surface area contributed by atoms with Crippen LogP contribution in [0.5, 0.6) is 5.75 Å². The van der Waals surface area contributed by atoms with Crippen molar-refractivity contribution < 1.29 is 14.6 Å². The molecule has 0 aliphatic heterocycles. The number of methoxy groups -OCH3 is 1. The van der Waals surface area contributed by atoms with Gasteiger partial charge in [-0.1, -0.05) is 6.07 Å². The molecular weight excluding hydrogens is 308 g/mol. The summed E-state index contributed by atoms with van der Waals surface area (Å²) in [5, 5.41) is 10.5. The van der Waals surface area contributed by atoms with Gasteiger partial charge in [-0.2, -0.15) is 0 Å². The molecule has 1 aromatic carbocycles. The Labute approximate surface area is 138 Å². The first-order valence-electron chi connectivity index (χ1n) is 7.34. The second kappa shape index (κ2) is 5.81. The van der Waals surface area contributed by atoms with Crippen LogP contribution >= 0.6 is 0 Å². The number of aromatic nitrogens is 2. The van der Waals surface area contributed by atoms with Crippen molar-refractivity contribution in [3.8, 4) is 11.4 Å². The third kappa shape index (κ3) is 2.42. The third-order valence-electron chi connectivity index (χ3n) is 3.92. The van der Waals surface area contributed by atoms with E-state index >= 15 is 0 Å². The Hall–Kier alpha value is -3.15. The van der Waals surface area contributed by atoms with Crippen molar-refractivity contribution in [2.75, 3.05) is 7.11 Å². The number of esters is 1. The van der Waals surface area contributed by atoms with Gasteiger partial charge in [0.2, 0.25) is 0 Å². The number of hydrogen-bond donors (Lipinski definition) is 1. The number of phenolic OH excluding ortho intramolecular Hbond substituents is 1. The first-order chi connectivity index (χ1) is 11.4.